The Kier molecular flexibility index (Phi) is 3.87. The Morgan fingerprint density at radius 1 is 1.45 bits per heavy atom. The van der Waals surface area contributed by atoms with Gasteiger partial charge in [-0.2, -0.15) is 0 Å². The minimum absolute atomic E-state index is 0.0549. The number of aromatic nitrogens is 1. The van der Waals surface area contributed by atoms with Crippen LogP contribution in [0.15, 0.2) is 18.3 Å². The van der Waals surface area contributed by atoms with Gasteiger partial charge in [-0.05, 0) is 37.8 Å². The van der Waals surface area contributed by atoms with Crippen LogP contribution in [-0.4, -0.2) is 35.7 Å². The molecule has 2 aliphatic heterocycles. The third kappa shape index (κ3) is 2.77. The van der Waals surface area contributed by atoms with Crippen LogP contribution in [-0.2, 0) is 4.74 Å². The lowest BCUT2D eigenvalue weighted by Crippen LogP contribution is -2.41. The zero-order valence-corrected chi connectivity index (χ0v) is 11.8. The molecule has 3 heterocycles. The Balaban J connectivity index is 1.57. The minimum Gasteiger partial charge on any atom is -0.373 e. The van der Waals surface area contributed by atoms with Crippen LogP contribution in [0.3, 0.4) is 0 Å². The monoisotopic (exact) mass is 275 g/mol. The largest absolute Gasteiger partial charge is 0.373 e. The Morgan fingerprint density at radius 3 is 2.95 bits per heavy atom. The first-order chi connectivity index (χ1) is 9.76. The molecule has 0 radical (unpaired) electrons. The molecule has 3 unspecified atom stereocenters. The van der Waals surface area contributed by atoms with Crippen LogP contribution in [0, 0.1) is 0 Å². The van der Waals surface area contributed by atoms with Crippen molar-refractivity contribution in [3.63, 3.8) is 0 Å². The van der Waals surface area contributed by atoms with Crippen molar-refractivity contribution in [3.05, 3.63) is 23.9 Å². The van der Waals surface area contributed by atoms with Gasteiger partial charge < -0.3 is 15.4 Å². The van der Waals surface area contributed by atoms with E-state index >= 15 is 0 Å². The predicted molar refractivity (Wildman–Crippen MR) is 76.8 cm³/mol. The van der Waals surface area contributed by atoms with Gasteiger partial charge in [-0.25, -0.2) is 4.98 Å². The van der Waals surface area contributed by atoms with Gasteiger partial charge in [-0.1, -0.05) is 6.92 Å². The normalized spacial score (nSPS) is 27.6. The van der Waals surface area contributed by atoms with E-state index < -0.39 is 0 Å². The molecule has 5 nitrogen and oxygen atoms in total. The number of nitrogens with zero attached hydrogens (tertiary/aromatic N) is 1. The second kappa shape index (κ2) is 5.79. The molecule has 3 atom stereocenters. The number of rotatable bonds is 5. The molecule has 2 fully saturated rings. The van der Waals surface area contributed by atoms with Gasteiger partial charge in [0.15, 0.2) is 0 Å². The van der Waals surface area contributed by atoms with Crippen molar-refractivity contribution in [1.29, 1.82) is 0 Å². The van der Waals surface area contributed by atoms with Crippen molar-refractivity contribution in [2.75, 3.05) is 11.9 Å². The van der Waals surface area contributed by atoms with Crippen molar-refractivity contribution in [2.45, 2.75) is 50.9 Å². The summed E-state index contributed by atoms with van der Waals surface area (Å²) in [6.45, 7) is 2.99. The first kappa shape index (κ1) is 13.4. The van der Waals surface area contributed by atoms with E-state index in [1.54, 1.807) is 6.20 Å². The second-order valence-corrected chi connectivity index (χ2v) is 5.55. The third-order valence-corrected chi connectivity index (χ3v) is 4.00. The molecule has 20 heavy (non-hydrogen) atoms. The Bertz CT molecular complexity index is 475. The first-order valence-electron chi connectivity index (χ1n) is 7.42. The van der Waals surface area contributed by atoms with E-state index in [9.17, 15) is 4.79 Å². The van der Waals surface area contributed by atoms with Crippen LogP contribution in [0.5, 0.6) is 0 Å². The lowest BCUT2D eigenvalue weighted by Gasteiger charge is -2.19. The number of fused-ring (bicyclic) bond motifs is 2. The van der Waals surface area contributed by atoms with Crippen LogP contribution in [0.25, 0.3) is 0 Å². The molecule has 5 heteroatoms. The van der Waals surface area contributed by atoms with Crippen LogP contribution in [0.2, 0.25) is 0 Å². The molecule has 2 aliphatic rings. The summed E-state index contributed by atoms with van der Waals surface area (Å²) in [6, 6.07) is 3.83. The molecule has 2 saturated heterocycles. The molecule has 108 valence electrons. The number of hydrogen-bond donors (Lipinski definition) is 2. The van der Waals surface area contributed by atoms with E-state index in [4.69, 9.17) is 4.74 Å². The Morgan fingerprint density at radius 2 is 2.35 bits per heavy atom. The van der Waals surface area contributed by atoms with Crippen molar-refractivity contribution < 1.29 is 9.53 Å². The number of ether oxygens (including phenoxy) is 1. The highest BCUT2D eigenvalue weighted by Crippen LogP contribution is 2.34. The Labute approximate surface area is 119 Å². The molecule has 1 aromatic heterocycles. The number of carbonyl (C=O) groups is 1. The standard InChI is InChI=1S/C15H21N3O2/c1-2-7-16-14-6-3-10(9-17-14)15(19)18-12-8-11-4-5-13(12)20-11/h3,6,9,11-13H,2,4-5,7-8H2,1H3,(H,16,17)(H,18,19). The number of carbonyl (C=O) groups excluding carboxylic acids is 1. The van der Waals surface area contributed by atoms with Gasteiger partial charge in [0.05, 0.1) is 23.8 Å². The molecule has 3 rings (SSSR count). The predicted octanol–water partition coefficient (Wildman–Crippen LogP) is 1.95. The fraction of sp³-hybridized carbons (Fsp3) is 0.600. The second-order valence-electron chi connectivity index (χ2n) is 5.55. The van der Waals surface area contributed by atoms with Gasteiger partial charge in [0, 0.05) is 12.7 Å². The molecule has 0 spiro atoms. The zero-order chi connectivity index (χ0) is 13.9. The lowest BCUT2D eigenvalue weighted by atomic mass is 9.95. The van der Waals surface area contributed by atoms with Gasteiger partial charge in [-0.3, -0.25) is 4.79 Å². The zero-order valence-electron chi connectivity index (χ0n) is 11.8. The van der Waals surface area contributed by atoms with E-state index in [0.29, 0.717) is 11.7 Å². The first-order valence-corrected chi connectivity index (χ1v) is 7.42. The summed E-state index contributed by atoms with van der Waals surface area (Å²) in [5.74, 6) is 0.757. The quantitative estimate of drug-likeness (QED) is 0.862. The van der Waals surface area contributed by atoms with Crippen LogP contribution < -0.4 is 10.6 Å². The average Bonchev–Trinajstić information content (AvgIpc) is 3.08. The highest BCUT2D eigenvalue weighted by molar-refractivity contribution is 5.94. The van der Waals surface area contributed by atoms with Gasteiger partial charge in [0.2, 0.25) is 0 Å². The molecule has 2 N–H and O–H groups in total. The fourth-order valence-corrected chi connectivity index (χ4v) is 2.93. The third-order valence-electron chi connectivity index (χ3n) is 4.00. The minimum atomic E-state index is -0.0549. The number of nitrogens with one attached hydrogen (secondary N) is 2. The van der Waals surface area contributed by atoms with Crippen molar-refractivity contribution in [3.8, 4) is 0 Å². The highest BCUT2D eigenvalue weighted by atomic mass is 16.5. The van der Waals surface area contributed by atoms with E-state index in [-0.39, 0.29) is 18.1 Å². The maximum absolute atomic E-state index is 12.2. The van der Waals surface area contributed by atoms with Gasteiger partial charge in [-0.15, -0.1) is 0 Å². The SMILES string of the molecule is CCCNc1ccc(C(=O)NC2CC3CCC2O3)cn1. The summed E-state index contributed by atoms with van der Waals surface area (Å²) in [6.07, 6.45) is 6.38. The van der Waals surface area contributed by atoms with Crippen LogP contribution in [0.4, 0.5) is 5.82 Å². The van der Waals surface area contributed by atoms with Crippen molar-refractivity contribution in [1.82, 2.24) is 10.3 Å². The smallest absolute Gasteiger partial charge is 0.253 e. The fourth-order valence-electron chi connectivity index (χ4n) is 2.93. The number of pyridine rings is 1. The topological polar surface area (TPSA) is 63.2 Å². The van der Waals surface area contributed by atoms with E-state index in [2.05, 4.69) is 22.5 Å². The number of hydrogen-bond acceptors (Lipinski definition) is 4. The molecule has 0 aliphatic carbocycles. The Hall–Kier alpha value is -1.62. The molecule has 1 amide bonds. The van der Waals surface area contributed by atoms with Crippen LogP contribution in [0.1, 0.15) is 43.0 Å². The molecular formula is C15H21N3O2. The van der Waals surface area contributed by atoms with E-state index in [1.165, 1.54) is 0 Å². The van der Waals surface area contributed by atoms with Crippen LogP contribution >= 0.6 is 0 Å². The summed E-state index contributed by atoms with van der Waals surface area (Å²) >= 11 is 0. The molecule has 0 aromatic carbocycles. The number of amides is 1. The van der Waals surface area contributed by atoms with Gasteiger partial charge >= 0.3 is 0 Å². The molecule has 1 aromatic rings. The summed E-state index contributed by atoms with van der Waals surface area (Å²) in [7, 11) is 0. The maximum Gasteiger partial charge on any atom is 0.253 e. The van der Waals surface area contributed by atoms with Crippen molar-refractivity contribution in [2.24, 2.45) is 0 Å². The maximum atomic E-state index is 12.2. The van der Waals surface area contributed by atoms with Gasteiger partial charge in [0.1, 0.15) is 5.82 Å². The van der Waals surface area contributed by atoms with E-state index in [0.717, 1.165) is 38.0 Å². The molecule has 2 bridgehead atoms. The summed E-state index contributed by atoms with van der Waals surface area (Å²) in [5.41, 5.74) is 0.606. The number of anilines is 1. The summed E-state index contributed by atoms with van der Waals surface area (Å²) < 4.78 is 5.74. The molecular weight excluding hydrogens is 254 g/mol. The average molecular weight is 275 g/mol. The lowest BCUT2D eigenvalue weighted by molar-refractivity contribution is 0.0840. The summed E-state index contributed by atoms with van der Waals surface area (Å²) in [5, 5.41) is 6.26. The molecule has 0 saturated carbocycles. The van der Waals surface area contributed by atoms with Gasteiger partial charge in [0.25, 0.3) is 5.91 Å². The van der Waals surface area contributed by atoms with Crippen molar-refractivity contribution >= 4 is 11.7 Å². The van der Waals surface area contributed by atoms with E-state index in [1.807, 2.05) is 12.1 Å². The summed E-state index contributed by atoms with van der Waals surface area (Å²) in [4.78, 5) is 16.4. The highest BCUT2D eigenvalue weighted by Gasteiger charge is 2.41.